The summed E-state index contributed by atoms with van der Waals surface area (Å²) in [6.45, 7) is 4.23. The van der Waals surface area contributed by atoms with Crippen LogP contribution in [0.25, 0.3) is 0 Å². The van der Waals surface area contributed by atoms with Gasteiger partial charge in [0.05, 0.1) is 19.3 Å². The predicted octanol–water partition coefficient (Wildman–Crippen LogP) is -3.05. The topological polar surface area (TPSA) is 72.8 Å². The minimum Gasteiger partial charge on any atom is -1.00 e. The van der Waals surface area contributed by atoms with Crippen LogP contribution < -0.4 is 51.4 Å². The van der Waals surface area contributed by atoms with Crippen LogP contribution >= 0.6 is 0 Å². The second-order valence-electron chi connectivity index (χ2n) is 2.11. The first kappa shape index (κ1) is 16.6. The summed E-state index contributed by atoms with van der Waals surface area (Å²) in [7, 11) is -3.97. The van der Waals surface area contributed by atoms with Crippen LogP contribution in [0, 0.1) is 0 Å². The van der Waals surface area contributed by atoms with Gasteiger partial charge >= 0.3 is 61.8 Å². The van der Waals surface area contributed by atoms with Crippen LogP contribution in [-0.2, 0) is 18.8 Å². The average Bonchev–Trinajstić information content (AvgIpc) is 1.98. The number of hydrogen-bond acceptors (Lipinski definition) is 5. The Balaban J connectivity index is -0.000000605. The fourth-order valence-corrected chi connectivity index (χ4v) is 1.04. The van der Waals surface area contributed by atoms with Crippen molar-refractivity contribution in [1.82, 2.24) is 0 Å². The number of aliphatic hydroxyl groups is 1. The molecule has 0 aromatic carbocycles. The summed E-state index contributed by atoms with van der Waals surface area (Å²) in [5.74, 6) is 0. The van der Waals surface area contributed by atoms with Gasteiger partial charge in [-0.25, -0.2) is 8.37 Å². The zero-order valence-electron chi connectivity index (χ0n) is 8.76. The number of rotatable bonds is 6. The van der Waals surface area contributed by atoms with Crippen LogP contribution in [0.4, 0.5) is 0 Å². The van der Waals surface area contributed by atoms with E-state index in [4.69, 9.17) is 5.11 Å². The summed E-state index contributed by atoms with van der Waals surface area (Å²) in [5.41, 5.74) is 0. The maximum Gasteiger partial charge on any atom is 1.00 e. The first-order valence-electron chi connectivity index (χ1n) is 3.30. The van der Waals surface area contributed by atoms with Gasteiger partial charge in [0.2, 0.25) is 0 Å². The Morgan fingerprint density at radius 3 is 2.54 bits per heavy atom. The summed E-state index contributed by atoms with van der Waals surface area (Å²) in [5, 5.41) is 8.68. The van der Waals surface area contributed by atoms with E-state index in [9.17, 15) is 8.42 Å². The SMILES string of the molecule is C=CCOS(=O)(=O)OCC(C)O.[H-].[K+]. The Hall–Kier alpha value is 1.21. The molecule has 1 N–H and O–H groups in total. The minimum absolute atomic E-state index is 0. The van der Waals surface area contributed by atoms with Gasteiger partial charge < -0.3 is 6.53 Å². The van der Waals surface area contributed by atoms with Crippen LogP contribution in [0.3, 0.4) is 0 Å². The Morgan fingerprint density at radius 2 is 2.15 bits per heavy atom. The first-order chi connectivity index (χ1) is 5.48. The molecule has 0 heterocycles. The Kier molecular flexibility index (Phi) is 10.9. The van der Waals surface area contributed by atoms with Gasteiger partial charge in [0, 0.05) is 0 Å². The monoisotopic (exact) mass is 236 g/mol. The maximum absolute atomic E-state index is 10.7. The van der Waals surface area contributed by atoms with Gasteiger partial charge in [-0.3, -0.25) is 0 Å². The molecule has 0 saturated heterocycles. The third-order valence-corrected chi connectivity index (χ3v) is 1.63. The Labute approximate surface area is 122 Å². The van der Waals surface area contributed by atoms with E-state index in [0.29, 0.717) is 0 Å². The minimum atomic E-state index is -3.97. The van der Waals surface area contributed by atoms with Gasteiger partial charge in [0.25, 0.3) is 0 Å². The smallest absolute Gasteiger partial charge is 1.00 e. The summed E-state index contributed by atoms with van der Waals surface area (Å²) in [6, 6.07) is 0. The van der Waals surface area contributed by atoms with Crippen LogP contribution in [0.5, 0.6) is 0 Å². The molecule has 0 aromatic heterocycles. The van der Waals surface area contributed by atoms with Crippen molar-refractivity contribution >= 4 is 10.4 Å². The molecule has 0 bridgehead atoms. The van der Waals surface area contributed by atoms with Crippen LogP contribution in [-0.4, -0.2) is 32.8 Å². The molecule has 0 rings (SSSR count). The summed E-state index contributed by atoms with van der Waals surface area (Å²) in [4.78, 5) is 0. The van der Waals surface area contributed by atoms with E-state index < -0.39 is 16.5 Å². The van der Waals surface area contributed by atoms with Gasteiger partial charge in [-0.1, -0.05) is 6.08 Å². The van der Waals surface area contributed by atoms with Crippen LogP contribution in [0.1, 0.15) is 8.35 Å². The largest absolute Gasteiger partial charge is 1.00 e. The third kappa shape index (κ3) is 11.1. The quantitative estimate of drug-likeness (QED) is 0.392. The molecular weight excluding hydrogens is 223 g/mol. The van der Waals surface area contributed by atoms with Gasteiger partial charge in [0.15, 0.2) is 0 Å². The normalized spacial score (nSPS) is 13.1. The zero-order chi connectivity index (χ0) is 9.61. The van der Waals surface area contributed by atoms with Crippen LogP contribution in [0.15, 0.2) is 12.7 Å². The molecule has 0 saturated carbocycles. The second-order valence-corrected chi connectivity index (χ2v) is 3.40. The molecule has 0 aromatic rings. The molecular formula is C6H13KO5S. The molecule has 0 amide bonds. The van der Waals surface area contributed by atoms with Crippen molar-refractivity contribution in [2.45, 2.75) is 13.0 Å². The predicted molar refractivity (Wildman–Crippen MR) is 43.8 cm³/mol. The van der Waals surface area contributed by atoms with E-state index in [1.807, 2.05) is 0 Å². The molecule has 13 heavy (non-hydrogen) atoms. The summed E-state index contributed by atoms with van der Waals surface area (Å²) < 4.78 is 29.9. The molecule has 5 nitrogen and oxygen atoms in total. The zero-order valence-corrected chi connectivity index (χ0v) is 11.7. The number of hydrogen-bond donors (Lipinski definition) is 1. The fraction of sp³-hybridized carbons (Fsp3) is 0.667. The molecule has 1 atom stereocenters. The van der Waals surface area contributed by atoms with Crippen molar-refractivity contribution in [2.24, 2.45) is 0 Å². The van der Waals surface area contributed by atoms with Crippen molar-refractivity contribution in [3.8, 4) is 0 Å². The van der Waals surface area contributed by atoms with E-state index in [1.54, 1.807) is 0 Å². The average molecular weight is 236 g/mol. The molecule has 0 aliphatic heterocycles. The second kappa shape index (κ2) is 8.51. The van der Waals surface area contributed by atoms with Crippen molar-refractivity contribution in [3.05, 3.63) is 12.7 Å². The molecule has 0 aliphatic rings. The molecule has 0 aliphatic carbocycles. The summed E-state index contributed by atoms with van der Waals surface area (Å²) >= 11 is 0. The summed E-state index contributed by atoms with van der Waals surface area (Å²) in [6.07, 6.45) is 0.440. The standard InChI is InChI=1S/C6H12O5S.K.H/c1-3-4-10-12(8,9)11-5-6(2)7;;/h3,6-7H,1,4-5H2,2H3;;/q;+1;-1. The maximum atomic E-state index is 10.7. The van der Waals surface area contributed by atoms with Gasteiger partial charge in [-0.05, 0) is 6.92 Å². The molecule has 0 spiro atoms. The third-order valence-electron chi connectivity index (χ3n) is 0.784. The molecule has 0 radical (unpaired) electrons. The molecule has 7 heteroatoms. The van der Waals surface area contributed by atoms with Gasteiger partial charge in [-0.2, -0.15) is 8.42 Å². The van der Waals surface area contributed by atoms with E-state index in [-0.39, 0.29) is 66.0 Å². The molecule has 1 unspecified atom stereocenters. The van der Waals surface area contributed by atoms with Crippen molar-refractivity contribution < 1.29 is 74.7 Å². The van der Waals surface area contributed by atoms with E-state index in [2.05, 4.69) is 14.9 Å². The first-order valence-corrected chi connectivity index (χ1v) is 4.64. The van der Waals surface area contributed by atoms with Gasteiger partial charge in [-0.15, -0.1) is 6.58 Å². The Morgan fingerprint density at radius 1 is 1.62 bits per heavy atom. The van der Waals surface area contributed by atoms with Crippen molar-refractivity contribution in [1.29, 1.82) is 0 Å². The Bertz CT molecular complexity index is 228. The van der Waals surface area contributed by atoms with E-state index >= 15 is 0 Å². The van der Waals surface area contributed by atoms with E-state index in [0.717, 1.165) is 0 Å². The van der Waals surface area contributed by atoms with E-state index in [1.165, 1.54) is 13.0 Å². The number of aliphatic hydroxyl groups excluding tert-OH is 1. The van der Waals surface area contributed by atoms with Gasteiger partial charge in [0.1, 0.15) is 0 Å². The van der Waals surface area contributed by atoms with Crippen molar-refractivity contribution in [3.63, 3.8) is 0 Å². The van der Waals surface area contributed by atoms with Crippen molar-refractivity contribution in [2.75, 3.05) is 13.2 Å². The molecule has 74 valence electrons. The fourth-order valence-electron chi connectivity index (χ4n) is 0.347. The van der Waals surface area contributed by atoms with Crippen LogP contribution in [0.2, 0.25) is 0 Å². The molecule has 0 fully saturated rings.